The molecule has 1 aromatic rings. The van der Waals surface area contributed by atoms with Gasteiger partial charge in [-0.15, -0.1) is 0 Å². The molecule has 2 rings (SSSR count). The van der Waals surface area contributed by atoms with Gasteiger partial charge in [-0.3, -0.25) is 16.8 Å². The first-order valence-electron chi connectivity index (χ1n) is 7.67. The van der Waals surface area contributed by atoms with Gasteiger partial charge in [0.05, 0.1) is 0 Å². The largest absolute Gasteiger partial charge is 0.503 e. The van der Waals surface area contributed by atoms with Crippen LogP contribution in [0.2, 0.25) is 0 Å². The number of carbonyl (C=O) groups excluding carboxylic acids is 1. The van der Waals surface area contributed by atoms with Gasteiger partial charge in [0, 0.05) is 51.3 Å². The Morgan fingerprint density at radius 3 is 1.96 bits per heavy atom. The zero-order chi connectivity index (χ0) is 16.6. The number of carbonyl (C=O) groups is 1. The third kappa shape index (κ3) is 3.83. The van der Waals surface area contributed by atoms with E-state index in [0.29, 0.717) is 5.70 Å². The van der Waals surface area contributed by atoms with Crippen molar-refractivity contribution in [3.63, 3.8) is 0 Å². The number of benzene rings is 1. The summed E-state index contributed by atoms with van der Waals surface area (Å²) in [7, 11) is 3.43. The second-order valence-electron chi connectivity index (χ2n) is 6.27. The van der Waals surface area contributed by atoms with Crippen molar-refractivity contribution in [1.82, 2.24) is 5.32 Å². The van der Waals surface area contributed by atoms with Crippen LogP contribution in [0.4, 0.5) is 0 Å². The van der Waals surface area contributed by atoms with Crippen molar-refractivity contribution < 1.29 is 37.5 Å². The first-order chi connectivity index (χ1) is 10.3. The van der Waals surface area contributed by atoms with Gasteiger partial charge in [-0.1, -0.05) is 0 Å². The Labute approximate surface area is 164 Å². The van der Waals surface area contributed by atoms with Crippen molar-refractivity contribution in [1.29, 1.82) is 0 Å². The van der Waals surface area contributed by atoms with Gasteiger partial charge in [0.1, 0.15) is 5.70 Å². The number of amides is 1. The molecular formula is C19H25N2OY-. The number of allylic oxidation sites excluding steroid dienone is 1. The topological polar surface area (TPSA) is 41.5 Å². The minimum Gasteiger partial charge on any atom is -0.503 e. The Hall–Kier alpha value is -0.796. The molecule has 1 aliphatic rings. The predicted octanol–water partition coefficient (Wildman–Crippen LogP) is 3.80. The Morgan fingerprint density at radius 1 is 1.00 bits per heavy atom. The van der Waals surface area contributed by atoms with Crippen molar-refractivity contribution in [3.05, 3.63) is 51.7 Å². The molecule has 0 fully saturated rings. The van der Waals surface area contributed by atoms with Crippen LogP contribution in [0.15, 0.2) is 16.3 Å². The van der Waals surface area contributed by atoms with Crippen LogP contribution in [-0.4, -0.2) is 11.6 Å². The molecule has 1 aromatic carbocycles. The normalized spacial score (nSPS) is 13.8. The summed E-state index contributed by atoms with van der Waals surface area (Å²) < 4.78 is 0. The molecule has 1 aliphatic heterocycles. The van der Waals surface area contributed by atoms with E-state index in [1.807, 2.05) is 6.92 Å². The van der Waals surface area contributed by atoms with Gasteiger partial charge in [-0.05, 0) is 80.5 Å². The summed E-state index contributed by atoms with van der Waals surface area (Å²) in [5.41, 5.74) is 10.7. The SMILES string of the molecule is [CH2-]NC(=O)C1=C(C)CC(Cc2c(C)c(C)c(C)c(C)c2C)=N1.[Y]. The fraction of sp³-hybridized carbons (Fsp3) is 0.421. The molecule has 0 atom stereocenters. The van der Waals surface area contributed by atoms with Crippen LogP contribution in [0.5, 0.6) is 0 Å². The Balaban J connectivity index is 0.00000264. The maximum absolute atomic E-state index is 11.8. The van der Waals surface area contributed by atoms with Gasteiger partial charge < -0.3 is 5.32 Å². The number of aliphatic imine (C=N–C) groups is 1. The molecule has 0 unspecified atom stereocenters. The average Bonchev–Trinajstić information content (AvgIpc) is 2.87. The molecule has 4 heteroatoms. The fourth-order valence-corrected chi connectivity index (χ4v) is 3.16. The molecule has 121 valence electrons. The Kier molecular flexibility index (Phi) is 6.91. The fourth-order valence-electron chi connectivity index (χ4n) is 3.16. The molecule has 0 spiro atoms. The number of hydrogen-bond donors (Lipinski definition) is 1. The second kappa shape index (κ2) is 7.85. The molecule has 1 amide bonds. The quantitative estimate of drug-likeness (QED) is 0.789. The van der Waals surface area contributed by atoms with Crippen LogP contribution < -0.4 is 5.32 Å². The Morgan fingerprint density at radius 2 is 1.48 bits per heavy atom. The number of rotatable bonds is 3. The molecule has 3 nitrogen and oxygen atoms in total. The molecule has 0 bridgehead atoms. The van der Waals surface area contributed by atoms with Gasteiger partial charge in [0.25, 0.3) is 0 Å². The molecule has 0 saturated heterocycles. The predicted molar refractivity (Wildman–Crippen MR) is 92.1 cm³/mol. The van der Waals surface area contributed by atoms with Crippen molar-refractivity contribution in [3.8, 4) is 0 Å². The Bertz CT molecular complexity index is 686. The summed E-state index contributed by atoms with van der Waals surface area (Å²) in [6.45, 7) is 12.9. The van der Waals surface area contributed by atoms with E-state index in [-0.39, 0.29) is 38.6 Å². The van der Waals surface area contributed by atoms with Gasteiger partial charge in [-0.2, -0.15) is 0 Å². The maximum Gasteiger partial charge on any atom is 0.240 e. The summed E-state index contributed by atoms with van der Waals surface area (Å²) in [5.74, 6) is -0.197. The standard InChI is InChI=1S/C19H25N2O.Y/c1-10-8-16(21-18(10)19(22)20-7)9-17-14(5)12(3)11(2)13(4)15(17)6;/h7-9H2,1-6H3,(H,20,22);/q-1;. The van der Waals surface area contributed by atoms with Crippen LogP contribution >= 0.6 is 0 Å². The average molecular weight is 386 g/mol. The van der Waals surface area contributed by atoms with Crippen LogP contribution in [0.1, 0.15) is 46.7 Å². The molecule has 0 aliphatic carbocycles. The number of hydrogen-bond acceptors (Lipinski definition) is 2. The summed E-state index contributed by atoms with van der Waals surface area (Å²) in [6.07, 6.45) is 1.58. The molecule has 0 saturated carbocycles. The summed E-state index contributed by atoms with van der Waals surface area (Å²) in [6, 6.07) is 0. The molecule has 1 N–H and O–H groups in total. The van der Waals surface area contributed by atoms with Crippen molar-refractivity contribution in [2.24, 2.45) is 4.99 Å². The van der Waals surface area contributed by atoms with E-state index < -0.39 is 0 Å². The third-order valence-corrected chi connectivity index (χ3v) is 5.06. The van der Waals surface area contributed by atoms with E-state index in [9.17, 15) is 4.79 Å². The van der Waals surface area contributed by atoms with E-state index in [0.717, 1.165) is 24.1 Å². The van der Waals surface area contributed by atoms with E-state index in [4.69, 9.17) is 0 Å². The van der Waals surface area contributed by atoms with E-state index in [2.05, 4.69) is 52.0 Å². The van der Waals surface area contributed by atoms with E-state index >= 15 is 0 Å². The minimum absolute atomic E-state index is 0. The van der Waals surface area contributed by atoms with Crippen LogP contribution in [0, 0.1) is 41.7 Å². The van der Waals surface area contributed by atoms with Crippen LogP contribution in [-0.2, 0) is 43.9 Å². The van der Waals surface area contributed by atoms with Gasteiger partial charge in [0.15, 0.2) is 0 Å². The van der Waals surface area contributed by atoms with Crippen LogP contribution in [0.3, 0.4) is 0 Å². The second-order valence-corrected chi connectivity index (χ2v) is 6.27. The minimum atomic E-state index is -0.197. The maximum atomic E-state index is 11.8. The van der Waals surface area contributed by atoms with Crippen LogP contribution in [0.25, 0.3) is 0 Å². The first-order valence-corrected chi connectivity index (χ1v) is 7.67. The molecule has 23 heavy (non-hydrogen) atoms. The first kappa shape index (κ1) is 20.2. The van der Waals surface area contributed by atoms with Crippen molar-refractivity contribution in [2.75, 3.05) is 0 Å². The summed E-state index contributed by atoms with van der Waals surface area (Å²) in [4.78, 5) is 16.3. The van der Waals surface area contributed by atoms with Crippen molar-refractivity contribution in [2.45, 2.75) is 54.4 Å². The van der Waals surface area contributed by atoms with Gasteiger partial charge in [0.2, 0.25) is 5.91 Å². The smallest absolute Gasteiger partial charge is 0.240 e. The van der Waals surface area contributed by atoms with Gasteiger partial charge >= 0.3 is 0 Å². The number of nitrogens with one attached hydrogen (secondary N) is 1. The summed E-state index contributed by atoms with van der Waals surface area (Å²) >= 11 is 0. The summed E-state index contributed by atoms with van der Waals surface area (Å²) in [5, 5.41) is 2.42. The molecule has 1 heterocycles. The van der Waals surface area contributed by atoms with Gasteiger partial charge in [-0.25, -0.2) is 0 Å². The molecule has 1 radical (unpaired) electrons. The molecule has 0 aromatic heterocycles. The number of nitrogens with zero attached hydrogens (tertiary/aromatic N) is 1. The molecular weight excluding hydrogens is 361 g/mol. The van der Waals surface area contributed by atoms with E-state index in [1.54, 1.807) is 0 Å². The zero-order valence-electron chi connectivity index (χ0n) is 15.1. The zero-order valence-corrected chi connectivity index (χ0v) is 17.9. The van der Waals surface area contributed by atoms with E-state index in [1.165, 1.54) is 33.4 Å². The third-order valence-electron chi connectivity index (χ3n) is 5.06. The van der Waals surface area contributed by atoms with Crippen molar-refractivity contribution >= 4 is 11.6 Å². The monoisotopic (exact) mass is 386 g/mol.